The van der Waals surface area contributed by atoms with Gasteiger partial charge in [-0.15, -0.1) is 0 Å². The normalized spacial score (nSPS) is 10.0. The average Bonchev–Trinajstić information content (AvgIpc) is 2.04. The summed E-state index contributed by atoms with van der Waals surface area (Å²) in [5.74, 6) is 0.162. The summed E-state index contributed by atoms with van der Waals surface area (Å²) in [6.45, 7) is -2.78. The van der Waals surface area contributed by atoms with Crippen LogP contribution < -0.4 is 10.1 Å². The summed E-state index contributed by atoms with van der Waals surface area (Å²) in [4.78, 5) is 0. The number of ether oxygens (including phenoxy) is 1. The van der Waals surface area contributed by atoms with Crippen LogP contribution in [0.3, 0.4) is 0 Å². The first kappa shape index (κ1) is 8.77. The van der Waals surface area contributed by atoms with Crippen LogP contribution in [-0.2, 0) is 0 Å². The Morgan fingerprint density at radius 2 is 2.00 bits per heavy atom. The number of benzene rings is 1. The van der Waals surface area contributed by atoms with Crippen molar-refractivity contribution in [1.29, 1.82) is 0 Å². The van der Waals surface area contributed by atoms with Crippen molar-refractivity contribution in [3.05, 3.63) is 24.3 Å². The molecular weight excluding hydrogens is 164 g/mol. The first-order valence-corrected chi connectivity index (χ1v) is 3.45. The van der Waals surface area contributed by atoms with Gasteiger partial charge in [-0.2, -0.15) is 8.78 Å². The minimum atomic E-state index is -2.78. The van der Waals surface area contributed by atoms with Crippen molar-refractivity contribution in [3.63, 3.8) is 0 Å². The zero-order chi connectivity index (χ0) is 8.97. The van der Waals surface area contributed by atoms with Gasteiger partial charge < -0.3 is 10.1 Å². The summed E-state index contributed by atoms with van der Waals surface area (Å²) in [5, 5.41) is 2.74. The zero-order valence-corrected chi connectivity index (χ0v) is 6.55. The molecule has 1 aromatic carbocycles. The Balaban J connectivity index is 2.82. The van der Waals surface area contributed by atoms with Gasteiger partial charge in [0.25, 0.3) is 0 Å². The molecule has 0 saturated carbocycles. The molecule has 1 rings (SSSR count). The first-order chi connectivity index (χ1) is 5.74. The fraction of sp³-hybridized carbons (Fsp3) is 0.250. The molecule has 0 heterocycles. The highest BCUT2D eigenvalue weighted by Gasteiger charge is 2.06. The fourth-order valence-electron chi connectivity index (χ4n) is 0.872. The van der Waals surface area contributed by atoms with Crippen LogP contribution in [0.5, 0.6) is 5.75 Å². The fourth-order valence-corrected chi connectivity index (χ4v) is 0.872. The molecule has 0 aromatic heterocycles. The monoisotopic (exact) mass is 173 g/mol. The van der Waals surface area contributed by atoms with Crippen LogP contribution in [0.15, 0.2) is 24.3 Å². The largest absolute Gasteiger partial charge is 0.433 e. The first-order valence-electron chi connectivity index (χ1n) is 3.45. The van der Waals surface area contributed by atoms with Gasteiger partial charge in [0.15, 0.2) is 0 Å². The molecule has 12 heavy (non-hydrogen) atoms. The molecule has 4 heteroatoms. The Bertz CT molecular complexity index is 253. The lowest BCUT2D eigenvalue weighted by Gasteiger charge is -2.08. The number of para-hydroxylation sites is 2. The van der Waals surface area contributed by atoms with E-state index in [9.17, 15) is 8.78 Å². The smallest absolute Gasteiger partial charge is 0.387 e. The molecule has 1 N–H and O–H groups in total. The van der Waals surface area contributed by atoms with Crippen molar-refractivity contribution >= 4 is 5.69 Å². The highest BCUT2D eigenvalue weighted by Crippen LogP contribution is 2.24. The minimum absolute atomic E-state index is 0.162. The number of nitrogens with one attached hydrogen (secondary N) is 1. The van der Waals surface area contributed by atoms with Gasteiger partial charge in [0.05, 0.1) is 5.69 Å². The van der Waals surface area contributed by atoms with Gasteiger partial charge in [0, 0.05) is 7.05 Å². The third-order valence-electron chi connectivity index (χ3n) is 1.37. The molecule has 66 valence electrons. The maximum absolute atomic E-state index is 11.8. The van der Waals surface area contributed by atoms with Crippen molar-refractivity contribution in [3.8, 4) is 5.75 Å². The second-order valence-corrected chi connectivity index (χ2v) is 2.12. The van der Waals surface area contributed by atoms with Gasteiger partial charge in [-0.05, 0) is 12.1 Å². The average molecular weight is 173 g/mol. The van der Waals surface area contributed by atoms with Crippen LogP contribution in [0.4, 0.5) is 14.5 Å². The van der Waals surface area contributed by atoms with Gasteiger partial charge in [-0.1, -0.05) is 12.1 Å². The van der Waals surface area contributed by atoms with Crippen molar-refractivity contribution in [2.75, 3.05) is 12.4 Å². The molecule has 0 aliphatic heterocycles. The Labute approximate surface area is 69.2 Å². The van der Waals surface area contributed by atoms with Gasteiger partial charge in [0.2, 0.25) is 0 Å². The summed E-state index contributed by atoms with van der Waals surface area (Å²) in [7, 11) is 1.65. The lowest BCUT2D eigenvalue weighted by Crippen LogP contribution is -2.04. The summed E-state index contributed by atoms with van der Waals surface area (Å²) < 4.78 is 27.8. The molecule has 0 atom stereocenters. The number of alkyl halides is 2. The molecule has 0 bridgehead atoms. The zero-order valence-electron chi connectivity index (χ0n) is 6.55. The molecule has 0 aliphatic rings. The standard InChI is InChI=1S/C8H9F2NO/c1-11-6-4-2-3-5-7(6)12-8(9)10/h2-5,8,11H,1H3. The van der Waals surface area contributed by atoms with Crippen LogP contribution >= 0.6 is 0 Å². The van der Waals surface area contributed by atoms with E-state index in [0.717, 1.165) is 0 Å². The van der Waals surface area contributed by atoms with Crippen molar-refractivity contribution in [1.82, 2.24) is 0 Å². The lowest BCUT2D eigenvalue weighted by atomic mass is 10.3. The van der Waals surface area contributed by atoms with E-state index < -0.39 is 6.61 Å². The Morgan fingerprint density at radius 3 is 2.58 bits per heavy atom. The van der Waals surface area contributed by atoms with Gasteiger partial charge >= 0.3 is 6.61 Å². The maximum Gasteiger partial charge on any atom is 0.387 e. The van der Waals surface area contributed by atoms with Gasteiger partial charge in [0.1, 0.15) is 5.75 Å². The summed E-state index contributed by atoms with van der Waals surface area (Å²) in [5.41, 5.74) is 0.554. The molecule has 0 aliphatic carbocycles. The minimum Gasteiger partial charge on any atom is -0.433 e. The van der Waals surface area contributed by atoms with Crippen LogP contribution in [0.25, 0.3) is 0 Å². The van der Waals surface area contributed by atoms with E-state index in [1.165, 1.54) is 6.07 Å². The molecule has 0 fully saturated rings. The lowest BCUT2D eigenvalue weighted by molar-refractivity contribution is -0.0493. The van der Waals surface area contributed by atoms with Crippen molar-refractivity contribution in [2.45, 2.75) is 6.61 Å². The summed E-state index contributed by atoms with van der Waals surface area (Å²) in [6, 6.07) is 6.53. The molecule has 0 spiro atoms. The Kier molecular flexibility index (Phi) is 2.85. The highest BCUT2D eigenvalue weighted by atomic mass is 19.3. The molecule has 0 radical (unpaired) electrons. The van der Waals surface area contributed by atoms with E-state index in [2.05, 4.69) is 10.1 Å². The van der Waals surface area contributed by atoms with E-state index >= 15 is 0 Å². The number of anilines is 1. The van der Waals surface area contributed by atoms with Gasteiger partial charge in [-0.3, -0.25) is 0 Å². The second-order valence-electron chi connectivity index (χ2n) is 2.12. The maximum atomic E-state index is 11.8. The number of hydrogen-bond acceptors (Lipinski definition) is 2. The van der Waals surface area contributed by atoms with E-state index in [-0.39, 0.29) is 5.75 Å². The van der Waals surface area contributed by atoms with Gasteiger partial charge in [-0.25, -0.2) is 0 Å². The van der Waals surface area contributed by atoms with Crippen molar-refractivity contribution in [2.24, 2.45) is 0 Å². The Morgan fingerprint density at radius 1 is 1.33 bits per heavy atom. The third kappa shape index (κ3) is 2.08. The Hall–Kier alpha value is -1.32. The molecule has 0 saturated heterocycles. The van der Waals surface area contributed by atoms with Crippen LogP contribution in [-0.4, -0.2) is 13.7 Å². The highest BCUT2D eigenvalue weighted by molar-refractivity contribution is 5.55. The summed E-state index contributed by atoms with van der Waals surface area (Å²) in [6.07, 6.45) is 0. The SMILES string of the molecule is CNc1ccccc1OC(F)F. The van der Waals surface area contributed by atoms with Crippen molar-refractivity contribution < 1.29 is 13.5 Å². The predicted octanol–water partition coefficient (Wildman–Crippen LogP) is 2.33. The quantitative estimate of drug-likeness (QED) is 0.757. The summed E-state index contributed by atoms with van der Waals surface area (Å²) >= 11 is 0. The van der Waals surface area contributed by atoms with Crippen LogP contribution in [0.1, 0.15) is 0 Å². The topological polar surface area (TPSA) is 21.3 Å². The number of hydrogen-bond donors (Lipinski definition) is 1. The predicted molar refractivity (Wildman–Crippen MR) is 42.6 cm³/mol. The van der Waals surface area contributed by atoms with E-state index in [4.69, 9.17) is 0 Å². The second kappa shape index (κ2) is 3.90. The molecule has 0 unspecified atom stereocenters. The molecular formula is C8H9F2NO. The van der Waals surface area contributed by atoms with Crippen LogP contribution in [0, 0.1) is 0 Å². The van der Waals surface area contributed by atoms with E-state index in [0.29, 0.717) is 5.69 Å². The van der Waals surface area contributed by atoms with Crippen LogP contribution in [0.2, 0.25) is 0 Å². The van der Waals surface area contributed by atoms with E-state index in [1.807, 2.05) is 0 Å². The third-order valence-corrected chi connectivity index (χ3v) is 1.37. The molecule has 1 aromatic rings. The van der Waals surface area contributed by atoms with E-state index in [1.54, 1.807) is 25.2 Å². The molecule has 2 nitrogen and oxygen atoms in total. The molecule has 0 amide bonds. The number of rotatable bonds is 3. The number of halogens is 2.